The predicted molar refractivity (Wildman–Crippen MR) is 80.5 cm³/mol. The number of nitrogens with zero attached hydrogens (tertiary/aromatic N) is 4. The molecule has 0 amide bonds. The molecule has 0 unspecified atom stereocenters. The first-order valence-corrected chi connectivity index (χ1v) is 8.22. The molecule has 0 N–H and O–H groups in total. The van der Waals surface area contributed by atoms with Crippen molar-refractivity contribution in [3.63, 3.8) is 0 Å². The molecule has 1 aromatic heterocycles. The van der Waals surface area contributed by atoms with Crippen molar-refractivity contribution in [1.82, 2.24) is 15.1 Å². The second kappa shape index (κ2) is 7.22. The Morgan fingerprint density at radius 1 is 1.19 bits per heavy atom. The number of piperidine rings is 1. The Kier molecular flexibility index (Phi) is 5.08. The third-order valence-corrected chi connectivity index (χ3v) is 4.33. The largest absolute Gasteiger partial charge is 0.408 e. The Bertz CT molecular complexity index is 431. The molecule has 6 heteroatoms. The van der Waals surface area contributed by atoms with E-state index in [9.17, 15) is 0 Å². The predicted octanol–water partition coefficient (Wildman–Crippen LogP) is 1.57. The van der Waals surface area contributed by atoms with Crippen LogP contribution in [0.3, 0.4) is 0 Å². The van der Waals surface area contributed by atoms with Crippen LogP contribution in [0.2, 0.25) is 0 Å². The van der Waals surface area contributed by atoms with Crippen molar-refractivity contribution in [2.24, 2.45) is 5.92 Å². The highest BCUT2D eigenvalue weighted by molar-refractivity contribution is 5.25. The summed E-state index contributed by atoms with van der Waals surface area (Å²) in [6.45, 7) is 9.24. The lowest BCUT2D eigenvalue weighted by molar-refractivity contribution is 0.0295. The second-order valence-corrected chi connectivity index (χ2v) is 6.10. The fourth-order valence-electron chi connectivity index (χ4n) is 3.22. The molecule has 0 spiro atoms. The minimum Gasteiger partial charge on any atom is -0.408 e. The number of ether oxygens (including phenoxy) is 1. The molecule has 118 valence electrons. The Hall–Kier alpha value is -1.14. The van der Waals surface area contributed by atoms with Crippen LogP contribution in [0.1, 0.15) is 32.1 Å². The van der Waals surface area contributed by atoms with Crippen LogP contribution < -0.4 is 4.90 Å². The van der Waals surface area contributed by atoms with Crippen LogP contribution in [0.5, 0.6) is 0 Å². The van der Waals surface area contributed by atoms with Crippen molar-refractivity contribution < 1.29 is 9.15 Å². The van der Waals surface area contributed by atoms with Crippen molar-refractivity contribution in [2.75, 3.05) is 50.8 Å². The van der Waals surface area contributed by atoms with Crippen LogP contribution in [-0.4, -0.2) is 61.0 Å². The van der Waals surface area contributed by atoms with Gasteiger partial charge in [-0.15, -0.1) is 5.10 Å². The fourth-order valence-corrected chi connectivity index (χ4v) is 3.22. The highest BCUT2D eigenvalue weighted by atomic mass is 16.5. The van der Waals surface area contributed by atoms with Crippen LogP contribution in [0.4, 0.5) is 6.01 Å². The van der Waals surface area contributed by atoms with E-state index in [1.807, 2.05) is 0 Å². The normalized spacial score (nSPS) is 24.4. The van der Waals surface area contributed by atoms with E-state index in [0.29, 0.717) is 11.9 Å². The molecule has 0 radical (unpaired) electrons. The smallest absolute Gasteiger partial charge is 0.318 e. The fraction of sp³-hybridized carbons (Fsp3) is 0.867. The van der Waals surface area contributed by atoms with Crippen LogP contribution in [0.25, 0.3) is 0 Å². The Morgan fingerprint density at radius 2 is 2.05 bits per heavy atom. The molecule has 0 aliphatic carbocycles. The number of aromatic nitrogens is 2. The lowest BCUT2D eigenvalue weighted by Gasteiger charge is -2.36. The van der Waals surface area contributed by atoms with E-state index in [-0.39, 0.29) is 0 Å². The van der Waals surface area contributed by atoms with Gasteiger partial charge in [-0.2, -0.15) is 0 Å². The zero-order chi connectivity index (χ0) is 14.5. The van der Waals surface area contributed by atoms with Crippen LogP contribution in [0.15, 0.2) is 4.42 Å². The van der Waals surface area contributed by atoms with E-state index < -0.39 is 0 Å². The van der Waals surface area contributed by atoms with Crippen LogP contribution in [0, 0.1) is 5.92 Å². The van der Waals surface area contributed by atoms with E-state index in [1.165, 1.54) is 12.8 Å². The number of hydrogen-bond donors (Lipinski definition) is 0. The molecule has 0 bridgehead atoms. The van der Waals surface area contributed by atoms with Crippen LogP contribution in [-0.2, 0) is 11.2 Å². The first-order valence-electron chi connectivity index (χ1n) is 8.22. The summed E-state index contributed by atoms with van der Waals surface area (Å²) in [6, 6.07) is 0.713. The van der Waals surface area contributed by atoms with E-state index >= 15 is 0 Å². The summed E-state index contributed by atoms with van der Waals surface area (Å²) in [7, 11) is 0. The molecule has 21 heavy (non-hydrogen) atoms. The third kappa shape index (κ3) is 3.95. The molecular weight excluding hydrogens is 268 g/mol. The van der Waals surface area contributed by atoms with Gasteiger partial charge in [-0.25, -0.2) is 0 Å². The second-order valence-electron chi connectivity index (χ2n) is 6.10. The summed E-state index contributed by atoms with van der Waals surface area (Å²) in [5.41, 5.74) is 0. The summed E-state index contributed by atoms with van der Waals surface area (Å²) >= 11 is 0. The van der Waals surface area contributed by atoms with E-state index in [1.54, 1.807) is 0 Å². The summed E-state index contributed by atoms with van der Waals surface area (Å²) < 4.78 is 11.2. The van der Waals surface area contributed by atoms with E-state index in [4.69, 9.17) is 9.15 Å². The zero-order valence-corrected chi connectivity index (χ0v) is 13.0. The molecule has 3 heterocycles. The van der Waals surface area contributed by atoms with Gasteiger partial charge in [-0.05, 0) is 25.2 Å². The third-order valence-electron chi connectivity index (χ3n) is 4.33. The van der Waals surface area contributed by atoms with Crippen LogP contribution >= 0.6 is 0 Å². The van der Waals surface area contributed by atoms with Gasteiger partial charge in [0.2, 0.25) is 5.89 Å². The maximum atomic E-state index is 5.77. The number of morpholine rings is 1. The molecule has 2 aliphatic heterocycles. The van der Waals surface area contributed by atoms with Gasteiger partial charge in [-0.3, -0.25) is 4.90 Å². The summed E-state index contributed by atoms with van der Waals surface area (Å²) in [5, 5.41) is 8.35. The number of hydrogen-bond acceptors (Lipinski definition) is 6. The van der Waals surface area contributed by atoms with Crippen molar-refractivity contribution in [3.8, 4) is 0 Å². The minimum atomic E-state index is 0.693. The van der Waals surface area contributed by atoms with Gasteiger partial charge in [0, 0.05) is 39.1 Å². The van der Waals surface area contributed by atoms with Gasteiger partial charge in [0.15, 0.2) is 0 Å². The standard InChI is InChI=1S/C15H26N4O2/c1-2-4-14-16-17-15(21-14)19-6-3-5-13(12-19)11-18-7-9-20-10-8-18/h13H,2-12H2,1H3/t13-/m0/s1. The first-order chi connectivity index (χ1) is 10.3. The average molecular weight is 294 g/mol. The maximum Gasteiger partial charge on any atom is 0.318 e. The molecule has 0 aromatic carbocycles. The highest BCUT2D eigenvalue weighted by Gasteiger charge is 2.25. The molecule has 1 aromatic rings. The van der Waals surface area contributed by atoms with Gasteiger partial charge in [0.25, 0.3) is 0 Å². The first kappa shape index (κ1) is 14.8. The molecule has 3 rings (SSSR count). The number of anilines is 1. The minimum absolute atomic E-state index is 0.693. The molecule has 1 atom stereocenters. The van der Waals surface area contributed by atoms with E-state index in [0.717, 1.165) is 64.7 Å². The van der Waals surface area contributed by atoms with Gasteiger partial charge in [0.05, 0.1) is 13.2 Å². The molecule has 2 fully saturated rings. The molecule has 6 nitrogen and oxygen atoms in total. The molecule has 2 aliphatic rings. The topological polar surface area (TPSA) is 54.6 Å². The Labute approximate surface area is 126 Å². The van der Waals surface area contributed by atoms with Crippen molar-refractivity contribution in [2.45, 2.75) is 32.6 Å². The molecule has 0 saturated carbocycles. The quantitative estimate of drug-likeness (QED) is 0.821. The summed E-state index contributed by atoms with van der Waals surface area (Å²) in [6.07, 6.45) is 4.42. The van der Waals surface area contributed by atoms with Gasteiger partial charge < -0.3 is 14.1 Å². The monoisotopic (exact) mass is 294 g/mol. The van der Waals surface area contributed by atoms with E-state index in [2.05, 4.69) is 26.9 Å². The Balaban J connectivity index is 1.54. The number of rotatable bonds is 5. The lowest BCUT2D eigenvalue weighted by atomic mass is 9.97. The molecule has 2 saturated heterocycles. The highest BCUT2D eigenvalue weighted by Crippen LogP contribution is 2.23. The SMILES string of the molecule is CCCc1nnc(N2CCC[C@@H](CN3CCOCC3)C2)o1. The van der Waals surface area contributed by atoms with Gasteiger partial charge in [-0.1, -0.05) is 12.0 Å². The molecular formula is C15H26N4O2. The average Bonchev–Trinajstić information content (AvgIpc) is 2.98. The van der Waals surface area contributed by atoms with Crippen molar-refractivity contribution in [1.29, 1.82) is 0 Å². The summed E-state index contributed by atoms with van der Waals surface area (Å²) in [5.74, 6) is 1.46. The Morgan fingerprint density at radius 3 is 2.86 bits per heavy atom. The van der Waals surface area contributed by atoms with Gasteiger partial charge >= 0.3 is 6.01 Å². The maximum absolute atomic E-state index is 5.77. The summed E-state index contributed by atoms with van der Waals surface area (Å²) in [4.78, 5) is 4.79. The zero-order valence-electron chi connectivity index (χ0n) is 13.0. The number of aryl methyl sites for hydroxylation is 1. The van der Waals surface area contributed by atoms with Crippen molar-refractivity contribution >= 4 is 6.01 Å². The van der Waals surface area contributed by atoms with Crippen molar-refractivity contribution in [3.05, 3.63) is 5.89 Å². The lowest BCUT2D eigenvalue weighted by Crippen LogP contribution is -2.44. The van der Waals surface area contributed by atoms with Gasteiger partial charge in [0.1, 0.15) is 0 Å².